The average molecular weight is 271 g/mol. The summed E-state index contributed by atoms with van der Waals surface area (Å²) in [6.45, 7) is 4.36. The maximum absolute atomic E-state index is 11.9. The number of aliphatic hydroxyl groups is 1. The predicted octanol–water partition coefficient (Wildman–Crippen LogP) is 2.26. The molecule has 1 aliphatic rings. The van der Waals surface area contributed by atoms with Gasteiger partial charge in [0.25, 0.3) is 5.91 Å². The number of rotatable bonds is 2. The Bertz CT molecular complexity index is 672. The van der Waals surface area contributed by atoms with Crippen molar-refractivity contribution in [2.75, 3.05) is 6.54 Å². The molecule has 3 rings (SSSR count). The molecule has 0 aliphatic carbocycles. The topological polar surface area (TPSA) is 62.5 Å². The monoisotopic (exact) mass is 271 g/mol. The first-order valence-corrected chi connectivity index (χ1v) is 6.72. The van der Waals surface area contributed by atoms with Crippen LogP contribution in [0.4, 0.5) is 0 Å². The number of aliphatic hydroxyl groups excluding tert-OH is 1. The minimum atomic E-state index is -0.771. The van der Waals surface area contributed by atoms with E-state index in [-0.39, 0.29) is 5.91 Å². The van der Waals surface area contributed by atoms with E-state index in [0.29, 0.717) is 23.4 Å². The molecule has 4 nitrogen and oxygen atoms in total. The molecular formula is C16H17NO3. The number of aryl methyl sites for hydroxylation is 2. The lowest BCUT2D eigenvalue weighted by Crippen LogP contribution is -2.31. The minimum Gasteiger partial charge on any atom is -0.466 e. The van der Waals surface area contributed by atoms with Crippen LogP contribution in [-0.2, 0) is 6.42 Å². The van der Waals surface area contributed by atoms with Gasteiger partial charge in [-0.1, -0.05) is 12.1 Å². The van der Waals surface area contributed by atoms with Gasteiger partial charge in [0.1, 0.15) is 17.6 Å². The Hall–Kier alpha value is -2.07. The molecule has 1 atom stereocenters. The van der Waals surface area contributed by atoms with Crippen LogP contribution in [0.2, 0.25) is 0 Å². The van der Waals surface area contributed by atoms with Crippen molar-refractivity contribution in [3.63, 3.8) is 0 Å². The summed E-state index contributed by atoms with van der Waals surface area (Å²) in [7, 11) is 0. The van der Waals surface area contributed by atoms with Crippen LogP contribution in [0.5, 0.6) is 0 Å². The average Bonchev–Trinajstić information content (AvgIpc) is 2.77. The first-order chi connectivity index (χ1) is 9.56. The highest BCUT2D eigenvalue weighted by molar-refractivity contribution is 5.96. The SMILES string of the molecule is Cc1cc(C(O)c2ccc3c(c2)C(=O)NCC3)c(C)o1. The van der Waals surface area contributed by atoms with Crippen LogP contribution in [0, 0.1) is 13.8 Å². The fraction of sp³-hybridized carbons (Fsp3) is 0.312. The number of carbonyl (C=O) groups excluding carboxylic acids is 1. The van der Waals surface area contributed by atoms with Gasteiger partial charge in [-0.25, -0.2) is 0 Å². The summed E-state index contributed by atoms with van der Waals surface area (Å²) in [5.41, 5.74) is 3.15. The van der Waals surface area contributed by atoms with Gasteiger partial charge in [-0.15, -0.1) is 0 Å². The third-order valence-corrected chi connectivity index (χ3v) is 3.75. The fourth-order valence-electron chi connectivity index (χ4n) is 2.70. The molecule has 0 fully saturated rings. The second-order valence-corrected chi connectivity index (χ2v) is 5.19. The lowest BCUT2D eigenvalue weighted by atomic mass is 9.94. The standard InChI is InChI=1S/C16H17NO3/c1-9-7-13(10(2)20-9)15(18)12-4-3-11-5-6-17-16(19)14(11)8-12/h3-4,7-8,15,18H,5-6H2,1-2H3,(H,17,19). The third kappa shape index (κ3) is 2.12. The molecule has 0 bridgehead atoms. The second kappa shape index (κ2) is 4.80. The maximum Gasteiger partial charge on any atom is 0.251 e. The number of nitrogens with one attached hydrogen (secondary N) is 1. The predicted molar refractivity (Wildman–Crippen MR) is 74.7 cm³/mol. The molecule has 0 saturated carbocycles. The Morgan fingerprint density at radius 2 is 2.10 bits per heavy atom. The molecule has 1 unspecified atom stereocenters. The van der Waals surface area contributed by atoms with Crippen LogP contribution in [0.3, 0.4) is 0 Å². The van der Waals surface area contributed by atoms with Crippen LogP contribution in [0.15, 0.2) is 28.7 Å². The van der Waals surface area contributed by atoms with Crippen molar-refractivity contribution in [1.29, 1.82) is 0 Å². The summed E-state index contributed by atoms with van der Waals surface area (Å²) in [6, 6.07) is 7.41. The van der Waals surface area contributed by atoms with Gasteiger partial charge in [0.05, 0.1) is 0 Å². The fourth-order valence-corrected chi connectivity index (χ4v) is 2.70. The van der Waals surface area contributed by atoms with Crippen molar-refractivity contribution in [2.24, 2.45) is 0 Å². The van der Waals surface area contributed by atoms with Gasteiger partial charge in [-0.2, -0.15) is 0 Å². The summed E-state index contributed by atoms with van der Waals surface area (Å²) in [5.74, 6) is 1.41. The molecular weight excluding hydrogens is 254 g/mol. The molecule has 1 aromatic carbocycles. The molecule has 1 amide bonds. The van der Waals surface area contributed by atoms with Crippen LogP contribution in [0.1, 0.15) is 44.7 Å². The summed E-state index contributed by atoms with van der Waals surface area (Å²) < 4.78 is 5.45. The van der Waals surface area contributed by atoms with E-state index in [1.54, 1.807) is 6.07 Å². The molecule has 1 aliphatic heterocycles. The van der Waals surface area contributed by atoms with Crippen LogP contribution < -0.4 is 5.32 Å². The molecule has 4 heteroatoms. The molecule has 2 heterocycles. The summed E-state index contributed by atoms with van der Waals surface area (Å²) in [6.07, 6.45) is 0.0638. The Morgan fingerprint density at radius 3 is 2.80 bits per heavy atom. The Balaban J connectivity index is 2.00. The van der Waals surface area contributed by atoms with E-state index in [9.17, 15) is 9.90 Å². The molecule has 2 aromatic rings. The zero-order valence-corrected chi connectivity index (χ0v) is 11.6. The van der Waals surface area contributed by atoms with E-state index in [1.165, 1.54) is 0 Å². The number of fused-ring (bicyclic) bond motifs is 1. The van der Waals surface area contributed by atoms with Gasteiger partial charge in [0.2, 0.25) is 0 Å². The zero-order chi connectivity index (χ0) is 14.3. The lowest BCUT2D eigenvalue weighted by molar-refractivity contribution is 0.0945. The minimum absolute atomic E-state index is 0.0691. The summed E-state index contributed by atoms with van der Waals surface area (Å²) in [4.78, 5) is 11.9. The van der Waals surface area contributed by atoms with Crippen LogP contribution in [0.25, 0.3) is 0 Å². The van der Waals surface area contributed by atoms with Gasteiger partial charge in [0, 0.05) is 17.7 Å². The highest BCUT2D eigenvalue weighted by Crippen LogP contribution is 2.29. The van der Waals surface area contributed by atoms with Crippen molar-refractivity contribution in [1.82, 2.24) is 5.32 Å². The smallest absolute Gasteiger partial charge is 0.251 e. The molecule has 104 valence electrons. The van der Waals surface area contributed by atoms with E-state index >= 15 is 0 Å². The van der Waals surface area contributed by atoms with Crippen molar-refractivity contribution in [2.45, 2.75) is 26.4 Å². The van der Waals surface area contributed by atoms with E-state index < -0.39 is 6.10 Å². The first-order valence-electron chi connectivity index (χ1n) is 6.72. The summed E-state index contributed by atoms with van der Waals surface area (Å²) >= 11 is 0. The van der Waals surface area contributed by atoms with E-state index in [2.05, 4.69) is 5.32 Å². The highest BCUT2D eigenvalue weighted by atomic mass is 16.3. The van der Waals surface area contributed by atoms with Crippen LogP contribution in [-0.4, -0.2) is 17.6 Å². The number of carbonyl (C=O) groups is 1. The van der Waals surface area contributed by atoms with Crippen molar-refractivity contribution < 1.29 is 14.3 Å². The molecule has 20 heavy (non-hydrogen) atoms. The molecule has 2 N–H and O–H groups in total. The van der Waals surface area contributed by atoms with Crippen molar-refractivity contribution in [3.05, 3.63) is 58.0 Å². The van der Waals surface area contributed by atoms with E-state index in [4.69, 9.17) is 4.42 Å². The summed E-state index contributed by atoms with van der Waals surface area (Å²) in [5, 5.41) is 13.3. The normalized spacial score (nSPS) is 15.7. The number of furan rings is 1. The number of hydrogen-bond donors (Lipinski definition) is 2. The third-order valence-electron chi connectivity index (χ3n) is 3.75. The molecule has 0 radical (unpaired) electrons. The Morgan fingerprint density at radius 1 is 1.30 bits per heavy atom. The van der Waals surface area contributed by atoms with Gasteiger partial charge >= 0.3 is 0 Å². The largest absolute Gasteiger partial charge is 0.466 e. The quantitative estimate of drug-likeness (QED) is 0.880. The number of benzene rings is 1. The number of amides is 1. The molecule has 0 saturated heterocycles. The number of hydrogen-bond acceptors (Lipinski definition) is 3. The lowest BCUT2D eigenvalue weighted by Gasteiger charge is -2.18. The van der Waals surface area contributed by atoms with Crippen molar-refractivity contribution in [3.8, 4) is 0 Å². The Kier molecular flexibility index (Phi) is 3.10. The van der Waals surface area contributed by atoms with Crippen LogP contribution >= 0.6 is 0 Å². The van der Waals surface area contributed by atoms with E-state index in [1.807, 2.05) is 32.0 Å². The molecule has 1 aromatic heterocycles. The van der Waals surface area contributed by atoms with Gasteiger partial charge in [-0.05, 0) is 43.5 Å². The Labute approximate surface area is 117 Å². The molecule has 0 spiro atoms. The second-order valence-electron chi connectivity index (χ2n) is 5.19. The van der Waals surface area contributed by atoms with E-state index in [0.717, 1.165) is 23.3 Å². The highest BCUT2D eigenvalue weighted by Gasteiger charge is 2.21. The van der Waals surface area contributed by atoms with Gasteiger partial charge < -0.3 is 14.8 Å². The van der Waals surface area contributed by atoms with Gasteiger partial charge in [0.15, 0.2) is 0 Å². The zero-order valence-electron chi connectivity index (χ0n) is 11.6. The van der Waals surface area contributed by atoms with Crippen molar-refractivity contribution >= 4 is 5.91 Å². The van der Waals surface area contributed by atoms with Gasteiger partial charge in [-0.3, -0.25) is 4.79 Å². The maximum atomic E-state index is 11.9. The first kappa shape index (κ1) is 12.9.